The lowest BCUT2D eigenvalue weighted by atomic mass is 9.98. The molecule has 1 aromatic rings. The minimum absolute atomic E-state index is 0. The molecule has 0 aliphatic carbocycles. The highest BCUT2D eigenvalue weighted by molar-refractivity contribution is 7.89. The number of aryl methyl sites for hydroxylation is 1. The number of hydrogen-bond acceptors (Lipinski definition) is 4. The van der Waals surface area contributed by atoms with Gasteiger partial charge in [-0.1, -0.05) is 6.07 Å². The van der Waals surface area contributed by atoms with Crippen LogP contribution in [0.5, 0.6) is 0 Å². The summed E-state index contributed by atoms with van der Waals surface area (Å²) in [7, 11) is -1.13. The average Bonchev–Trinajstić information content (AvgIpc) is 2.91. The third kappa shape index (κ3) is 5.00. The van der Waals surface area contributed by atoms with E-state index in [2.05, 4.69) is 5.32 Å². The topological polar surface area (TPSA) is 49.4 Å². The molecule has 0 saturated carbocycles. The SMILES string of the molecule is CNCC1CCN(S(=O)(=O)CCc2cccs2)CC1.Cl. The maximum Gasteiger partial charge on any atom is 0.214 e. The average molecular weight is 339 g/mol. The van der Waals surface area contributed by atoms with E-state index in [0.717, 1.165) is 24.3 Å². The van der Waals surface area contributed by atoms with Crippen LogP contribution in [0.25, 0.3) is 0 Å². The van der Waals surface area contributed by atoms with Gasteiger partial charge in [-0.2, -0.15) is 0 Å². The third-order valence-corrected chi connectivity index (χ3v) is 6.45. The molecule has 1 aliphatic rings. The van der Waals surface area contributed by atoms with E-state index in [4.69, 9.17) is 0 Å². The van der Waals surface area contributed by atoms with Gasteiger partial charge in [-0.05, 0) is 50.2 Å². The zero-order chi connectivity index (χ0) is 13.7. The van der Waals surface area contributed by atoms with Crippen LogP contribution in [0.2, 0.25) is 0 Å². The van der Waals surface area contributed by atoms with Gasteiger partial charge in [0.25, 0.3) is 0 Å². The second-order valence-corrected chi connectivity index (χ2v) is 8.17. The summed E-state index contributed by atoms with van der Waals surface area (Å²) in [5.41, 5.74) is 0. The predicted molar refractivity (Wildman–Crippen MR) is 87.3 cm³/mol. The molecule has 1 N–H and O–H groups in total. The predicted octanol–water partition coefficient (Wildman–Crippen LogP) is 1.97. The van der Waals surface area contributed by atoms with E-state index >= 15 is 0 Å². The van der Waals surface area contributed by atoms with Crippen molar-refractivity contribution in [1.82, 2.24) is 9.62 Å². The van der Waals surface area contributed by atoms with E-state index in [-0.39, 0.29) is 18.2 Å². The van der Waals surface area contributed by atoms with E-state index in [1.54, 1.807) is 15.6 Å². The summed E-state index contributed by atoms with van der Waals surface area (Å²) in [6.45, 7) is 2.35. The Hall–Kier alpha value is -0.140. The van der Waals surface area contributed by atoms with Gasteiger partial charge in [0.05, 0.1) is 5.75 Å². The van der Waals surface area contributed by atoms with Crippen LogP contribution in [0, 0.1) is 5.92 Å². The molecule has 1 aliphatic heterocycles. The maximum atomic E-state index is 12.3. The Morgan fingerprint density at radius 3 is 2.65 bits per heavy atom. The van der Waals surface area contributed by atoms with Crippen molar-refractivity contribution in [2.24, 2.45) is 5.92 Å². The summed E-state index contributed by atoms with van der Waals surface area (Å²) in [4.78, 5) is 1.15. The second kappa shape index (κ2) is 8.34. The summed E-state index contributed by atoms with van der Waals surface area (Å²) in [6.07, 6.45) is 2.58. The van der Waals surface area contributed by atoms with Crippen molar-refractivity contribution in [2.45, 2.75) is 19.3 Å². The molecular formula is C13H23ClN2O2S2. The van der Waals surface area contributed by atoms with Crippen LogP contribution in [-0.2, 0) is 16.4 Å². The monoisotopic (exact) mass is 338 g/mol. The fourth-order valence-electron chi connectivity index (χ4n) is 2.49. The fourth-order valence-corrected chi connectivity index (χ4v) is 4.84. The van der Waals surface area contributed by atoms with E-state index < -0.39 is 10.0 Å². The second-order valence-electron chi connectivity index (χ2n) is 5.05. The molecule has 0 unspecified atom stereocenters. The van der Waals surface area contributed by atoms with Crippen LogP contribution < -0.4 is 5.32 Å². The zero-order valence-electron chi connectivity index (χ0n) is 11.7. The Bertz CT molecular complexity index is 469. The summed E-state index contributed by atoms with van der Waals surface area (Å²) in [5.74, 6) is 0.859. The van der Waals surface area contributed by atoms with Crippen LogP contribution in [-0.4, -0.2) is 45.2 Å². The molecule has 20 heavy (non-hydrogen) atoms. The van der Waals surface area contributed by atoms with Gasteiger partial charge in [0, 0.05) is 18.0 Å². The molecule has 116 valence electrons. The molecule has 0 radical (unpaired) electrons. The smallest absolute Gasteiger partial charge is 0.214 e. The Labute approximate surface area is 132 Å². The Morgan fingerprint density at radius 2 is 2.10 bits per heavy atom. The van der Waals surface area contributed by atoms with Gasteiger partial charge in [-0.25, -0.2) is 12.7 Å². The minimum Gasteiger partial charge on any atom is -0.319 e. The molecule has 7 heteroatoms. The molecule has 1 saturated heterocycles. The number of nitrogens with one attached hydrogen (secondary N) is 1. The molecule has 2 heterocycles. The lowest BCUT2D eigenvalue weighted by Gasteiger charge is -2.31. The highest BCUT2D eigenvalue weighted by Gasteiger charge is 2.27. The van der Waals surface area contributed by atoms with Gasteiger partial charge >= 0.3 is 0 Å². The molecule has 0 amide bonds. The summed E-state index contributed by atoms with van der Waals surface area (Å²) >= 11 is 1.63. The molecule has 2 rings (SSSR count). The molecule has 4 nitrogen and oxygen atoms in total. The molecule has 0 spiro atoms. The normalized spacial score (nSPS) is 17.9. The summed E-state index contributed by atoms with van der Waals surface area (Å²) in [6, 6.07) is 3.97. The van der Waals surface area contributed by atoms with Gasteiger partial charge < -0.3 is 5.32 Å². The number of piperidine rings is 1. The number of thiophene rings is 1. The van der Waals surface area contributed by atoms with Gasteiger partial charge in [0.15, 0.2) is 0 Å². The quantitative estimate of drug-likeness (QED) is 0.862. The molecule has 0 aromatic carbocycles. The summed E-state index contributed by atoms with van der Waals surface area (Å²) in [5, 5.41) is 5.16. The Morgan fingerprint density at radius 1 is 1.40 bits per heavy atom. The van der Waals surface area contributed by atoms with Gasteiger partial charge in [-0.15, -0.1) is 23.7 Å². The minimum atomic E-state index is -3.08. The van der Waals surface area contributed by atoms with Crippen molar-refractivity contribution >= 4 is 33.8 Å². The first-order valence-electron chi connectivity index (χ1n) is 6.76. The van der Waals surface area contributed by atoms with Crippen LogP contribution >= 0.6 is 23.7 Å². The lowest BCUT2D eigenvalue weighted by molar-refractivity contribution is 0.271. The highest BCUT2D eigenvalue weighted by atomic mass is 35.5. The molecule has 1 aromatic heterocycles. The van der Waals surface area contributed by atoms with Crippen molar-refractivity contribution < 1.29 is 8.42 Å². The van der Waals surface area contributed by atoms with Crippen molar-refractivity contribution in [3.63, 3.8) is 0 Å². The van der Waals surface area contributed by atoms with Gasteiger partial charge in [0.1, 0.15) is 0 Å². The van der Waals surface area contributed by atoms with Crippen LogP contribution in [0.4, 0.5) is 0 Å². The van der Waals surface area contributed by atoms with Crippen molar-refractivity contribution in [2.75, 3.05) is 32.4 Å². The van der Waals surface area contributed by atoms with E-state index in [0.29, 0.717) is 25.4 Å². The van der Waals surface area contributed by atoms with Crippen molar-refractivity contribution in [3.8, 4) is 0 Å². The largest absolute Gasteiger partial charge is 0.319 e. The lowest BCUT2D eigenvalue weighted by Crippen LogP contribution is -2.41. The number of rotatable bonds is 6. The third-order valence-electron chi connectivity index (χ3n) is 3.65. The van der Waals surface area contributed by atoms with Crippen LogP contribution in [0.15, 0.2) is 17.5 Å². The molecular weight excluding hydrogens is 316 g/mol. The number of sulfonamides is 1. The van der Waals surface area contributed by atoms with Crippen molar-refractivity contribution in [1.29, 1.82) is 0 Å². The van der Waals surface area contributed by atoms with Crippen LogP contribution in [0.1, 0.15) is 17.7 Å². The standard InChI is InChI=1S/C13H22N2O2S2.ClH/c1-14-11-12-4-7-15(8-5-12)19(16,17)10-6-13-3-2-9-18-13;/h2-3,9,12,14H,4-8,10-11H2,1H3;1H. The molecule has 0 atom stereocenters. The van der Waals surface area contributed by atoms with Crippen LogP contribution in [0.3, 0.4) is 0 Å². The molecule has 0 bridgehead atoms. The first-order chi connectivity index (χ1) is 9.12. The zero-order valence-corrected chi connectivity index (χ0v) is 14.2. The highest BCUT2D eigenvalue weighted by Crippen LogP contribution is 2.20. The van der Waals surface area contributed by atoms with Gasteiger partial charge in [-0.3, -0.25) is 0 Å². The van der Waals surface area contributed by atoms with E-state index in [1.807, 2.05) is 24.6 Å². The number of hydrogen-bond donors (Lipinski definition) is 1. The number of halogens is 1. The maximum absolute atomic E-state index is 12.3. The van der Waals surface area contributed by atoms with E-state index in [1.165, 1.54) is 0 Å². The van der Waals surface area contributed by atoms with Gasteiger partial charge in [0.2, 0.25) is 10.0 Å². The Kier molecular flexibility index (Phi) is 7.47. The fraction of sp³-hybridized carbons (Fsp3) is 0.692. The first-order valence-corrected chi connectivity index (χ1v) is 9.25. The summed E-state index contributed by atoms with van der Waals surface area (Å²) < 4.78 is 26.2. The Balaban J connectivity index is 0.00000200. The number of nitrogens with zero attached hydrogens (tertiary/aromatic N) is 1. The first kappa shape index (κ1) is 17.9. The molecule has 1 fully saturated rings. The van der Waals surface area contributed by atoms with Crippen molar-refractivity contribution in [3.05, 3.63) is 22.4 Å². The van der Waals surface area contributed by atoms with E-state index in [9.17, 15) is 8.42 Å².